The molecule has 0 fully saturated rings. The summed E-state index contributed by atoms with van der Waals surface area (Å²) in [5, 5.41) is 0. The molecular formula is C3H10PRe+. The smallest absolute Gasteiger partial charge is 0.00840 e. The molecule has 0 aromatic rings. The van der Waals surface area contributed by atoms with Crippen LogP contribution in [0.2, 0.25) is 0 Å². The molecule has 0 rings (SSSR count). The molecule has 0 saturated carbocycles. The van der Waals surface area contributed by atoms with Crippen LogP contribution in [0.4, 0.5) is 0 Å². The summed E-state index contributed by atoms with van der Waals surface area (Å²) in [4.78, 5) is 0. The molecule has 0 aliphatic rings. The van der Waals surface area contributed by atoms with Crippen molar-refractivity contribution >= 4 is 7.92 Å². The monoisotopic (exact) mass is 264 g/mol. The molecule has 0 heterocycles. The second kappa shape index (κ2) is 5.09. The Morgan fingerprint density at radius 3 is 1.00 bits per heavy atom. The van der Waals surface area contributed by atoms with Gasteiger partial charge in [0.05, 0.1) is 0 Å². The minimum absolute atomic E-state index is 0. The first-order chi connectivity index (χ1) is 1.73. The first kappa shape index (κ1) is 9.43. The van der Waals surface area contributed by atoms with Crippen molar-refractivity contribution < 1.29 is 20.4 Å². The van der Waals surface area contributed by atoms with E-state index in [0.29, 0.717) is 0 Å². The molecule has 0 aromatic carbocycles. The minimum atomic E-state index is 0. The zero-order chi connectivity index (χ0) is 3.58. The molecule has 0 spiro atoms. The molecule has 0 aliphatic carbocycles. The summed E-state index contributed by atoms with van der Waals surface area (Å²) in [7, 11) is 0.120. The van der Waals surface area contributed by atoms with Gasteiger partial charge in [0.15, 0.2) is 0 Å². The molecule has 2 heteroatoms. The Morgan fingerprint density at radius 1 is 1.00 bits per heavy atom. The van der Waals surface area contributed by atoms with Gasteiger partial charge in [0.1, 0.15) is 0 Å². The summed E-state index contributed by atoms with van der Waals surface area (Å²) < 4.78 is 0. The predicted octanol–water partition coefficient (Wildman–Crippen LogP) is 1.09. The van der Waals surface area contributed by atoms with Crippen LogP contribution in [-0.2, 0) is 20.4 Å². The average Bonchev–Trinajstić information content (AvgIpc) is 0.811. The van der Waals surface area contributed by atoms with E-state index in [0.717, 1.165) is 0 Å². The van der Waals surface area contributed by atoms with Crippen LogP contribution < -0.4 is 0 Å². The summed E-state index contributed by atoms with van der Waals surface area (Å²) in [5.74, 6) is 0. The van der Waals surface area contributed by atoms with Gasteiger partial charge in [0.2, 0.25) is 0 Å². The largest absolute Gasteiger partial charge is 0.0461 e. The van der Waals surface area contributed by atoms with E-state index in [4.69, 9.17) is 0 Å². The maximum atomic E-state index is 2.27. The predicted molar refractivity (Wildman–Crippen MR) is 26.1 cm³/mol. The van der Waals surface area contributed by atoms with Gasteiger partial charge in [0, 0.05) is 40.4 Å². The van der Waals surface area contributed by atoms with Gasteiger partial charge in [-0.2, -0.15) is 0 Å². The van der Waals surface area contributed by atoms with Gasteiger partial charge in [0.25, 0.3) is 0 Å². The van der Waals surface area contributed by atoms with Gasteiger partial charge < -0.3 is 0 Å². The van der Waals surface area contributed by atoms with Crippen LogP contribution in [0.3, 0.4) is 0 Å². The average molecular weight is 263 g/mol. The maximum absolute atomic E-state index is 2.27. The van der Waals surface area contributed by atoms with Crippen molar-refractivity contribution in [1.29, 1.82) is 0 Å². The van der Waals surface area contributed by atoms with Crippen molar-refractivity contribution in [1.82, 2.24) is 0 Å². The van der Waals surface area contributed by atoms with Gasteiger partial charge in [-0.3, -0.25) is 0 Å². The van der Waals surface area contributed by atoms with E-state index in [-0.39, 0.29) is 28.3 Å². The molecule has 0 saturated heterocycles. The first-order valence-electron chi connectivity index (χ1n) is 1.50. The van der Waals surface area contributed by atoms with Crippen LogP contribution in [0.5, 0.6) is 0 Å². The van der Waals surface area contributed by atoms with Crippen molar-refractivity contribution in [3.63, 3.8) is 0 Å². The summed E-state index contributed by atoms with van der Waals surface area (Å²) in [6, 6.07) is 0. The van der Waals surface area contributed by atoms with E-state index < -0.39 is 0 Å². The fourth-order valence-corrected chi connectivity index (χ4v) is 0. The topological polar surface area (TPSA) is 0 Å². The van der Waals surface area contributed by atoms with Crippen LogP contribution in [0.1, 0.15) is 0 Å². The summed E-state index contributed by atoms with van der Waals surface area (Å²) in [6.07, 6.45) is 0. The first-order valence-corrected chi connectivity index (χ1v) is 4.50. The van der Waals surface area contributed by atoms with E-state index in [1.165, 1.54) is 0 Å². The Morgan fingerprint density at radius 2 is 1.00 bits per heavy atom. The van der Waals surface area contributed by atoms with Crippen molar-refractivity contribution in [3.8, 4) is 0 Å². The van der Waals surface area contributed by atoms with E-state index in [9.17, 15) is 0 Å². The molecule has 0 N–H and O–H groups in total. The van der Waals surface area contributed by atoms with Crippen LogP contribution in [0.15, 0.2) is 0 Å². The molecular weight excluding hydrogens is 253 g/mol. The van der Waals surface area contributed by atoms with Crippen LogP contribution >= 0.6 is 7.92 Å². The minimum Gasteiger partial charge on any atom is -0.00840 e. The van der Waals surface area contributed by atoms with Crippen molar-refractivity contribution in [2.75, 3.05) is 20.0 Å². The zero-order valence-corrected chi connectivity index (χ0v) is 7.59. The van der Waals surface area contributed by atoms with Gasteiger partial charge in [-0.15, -0.1) is 0 Å². The molecule has 0 amide bonds. The number of hydrogen-bond acceptors (Lipinski definition) is 0. The number of rotatable bonds is 0. The summed E-state index contributed by atoms with van der Waals surface area (Å²) >= 11 is 0. The molecule has 1 radical (unpaired) electrons. The fraction of sp³-hybridized carbons (Fsp3) is 1.00. The second-order valence-corrected chi connectivity index (χ2v) is 4.50. The quantitative estimate of drug-likeness (QED) is 0.574. The molecule has 0 aromatic heterocycles. The Labute approximate surface area is 48.7 Å². The maximum Gasteiger partial charge on any atom is 0.0461 e. The van der Waals surface area contributed by atoms with Crippen LogP contribution in [-0.4, -0.2) is 20.0 Å². The van der Waals surface area contributed by atoms with E-state index in [1.807, 2.05) is 0 Å². The Balaban J connectivity index is 0. The SMILES string of the molecule is C[PH+](C)C.[Re]. The van der Waals surface area contributed by atoms with Gasteiger partial charge in [-0.05, 0) is 7.92 Å². The van der Waals surface area contributed by atoms with Crippen molar-refractivity contribution in [2.45, 2.75) is 0 Å². The molecule has 5 heavy (non-hydrogen) atoms. The summed E-state index contributed by atoms with van der Waals surface area (Å²) in [5.41, 5.74) is 0. The van der Waals surface area contributed by atoms with Gasteiger partial charge >= 0.3 is 0 Å². The summed E-state index contributed by atoms with van der Waals surface area (Å²) in [6.45, 7) is 6.81. The third-order valence-electron chi connectivity index (χ3n) is 0. The van der Waals surface area contributed by atoms with Gasteiger partial charge in [-0.25, -0.2) is 0 Å². The standard InChI is InChI=1S/C3H9P.Re/c1-4(2)3;/h1-3H3;/p+1. The van der Waals surface area contributed by atoms with E-state index in [2.05, 4.69) is 20.0 Å². The molecule has 0 bridgehead atoms. The van der Waals surface area contributed by atoms with Gasteiger partial charge in [-0.1, -0.05) is 0 Å². The fourth-order valence-electron chi connectivity index (χ4n) is 0. The Hall–Kier alpha value is 1.09. The van der Waals surface area contributed by atoms with E-state index in [1.54, 1.807) is 0 Å². The molecule has 0 aliphatic heterocycles. The van der Waals surface area contributed by atoms with Crippen molar-refractivity contribution in [2.24, 2.45) is 0 Å². The molecule has 33 valence electrons. The van der Waals surface area contributed by atoms with Crippen molar-refractivity contribution in [3.05, 3.63) is 0 Å². The third-order valence-corrected chi connectivity index (χ3v) is 0. The second-order valence-electron chi connectivity index (χ2n) is 1.50. The zero-order valence-electron chi connectivity index (χ0n) is 3.88. The van der Waals surface area contributed by atoms with E-state index >= 15 is 0 Å². The molecule has 0 atom stereocenters. The molecule has 0 unspecified atom stereocenters. The number of hydrogen-bond donors (Lipinski definition) is 0. The third kappa shape index (κ3) is 40.8. The normalized spacial score (nSPS) is 7.20. The van der Waals surface area contributed by atoms with Crippen LogP contribution in [0, 0.1) is 0 Å². The molecule has 0 nitrogen and oxygen atoms in total. The Bertz CT molecular complexity index is 11.6. The Kier molecular flexibility index (Phi) is 9.61. The van der Waals surface area contributed by atoms with Crippen LogP contribution in [0.25, 0.3) is 0 Å².